The first-order valence-electron chi connectivity index (χ1n) is 5.76. The molecule has 0 heterocycles. The van der Waals surface area contributed by atoms with Crippen LogP contribution in [0.3, 0.4) is 0 Å². The molecule has 0 saturated heterocycles. The Kier molecular flexibility index (Phi) is 4.67. The van der Waals surface area contributed by atoms with Gasteiger partial charge in [0.1, 0.15) is 5.82 Å². The molecule has 0 unspecified atom stereocenters. The second-order valence-electron chi connectivity index (χ2n) is 5.05. The van der Waals surface area contributed by atoms with E-state index in [4.69, 9.17) is 5.11 Å². The molecule has 1 aromatic rings. The van der Waals surface area contributed by atoms with Crippen LogP contribution in [0.15, 0.2) is 18.2 Å². The van der Waals surface area contributed by atoms with Crippen LogP contribution in [0.2, 0.25) is 0 Å². The molecule has 0 atom stereocenters. The molecule has 0 saturated carbocycles. The van der Waals surface area contributed by atoms with Gasteiger partial charge in [0, 0.05) is 31.2 Å². The molecular formula is C13H19FN2O2. The normalized spacial score (nSPS) is 11.2. The number of benzene rings is 1. The number of carbonyl (C=O) groups excluding carboxylic acids is 1. The number of anilines is 2. The average Bonchev–Trinajstić information content (AvgIpc) is 2.30. The first-order chi connectivity index (χ1) is 8.34. The maximum absolute atomic E-state index is 13.4. The number of halogens is 1. The van der Waals surface area contributed by atoms with Crippen LogP contribution in [0.25, 0.3) is 0 Å². The Morgan fingerprint density at radius 1 is 1.44 bits per heavy atom. The Labute approximate surface area is 106 Å². The highest BCUT2D eigenvalue weighted by Gasteiger charge is 2.16. The quantitative estimate of drug-likeness (QED) is 0.755. The fraction of sp³-hybridized carbons (Fsp3) is 0.462. The second kappa shape index (κ2) is 5.82. The molecule has 0 radical (unpaired) electrons. The van der Waals surface area contributed by atoms with E-state index < -0.39 is 5.82 Å². The molecule has 4 nitrogen and oxygen atoms in total. The molecule has 0 spiro atoms. The van der Waals surface area contributed by atoms with E-state index in [1.54, 1.807) is 6.07 Å². The minimum atomic E-state index is -0.475. The summed E-state index contributed by atoms with van der Waals surface area (Å²) in [7, 11) is 0. The minimum absolute atomic E-state index is 0.0553. The van der Waals surface area contributed by atoms with Crippen molar-refractivity contribution in [1.29, 1.82) is 0 Å². The van der Waals surface area contributed by atoms with E-state index in [2.05, 4.69) is 10.6 Å². The molecular weight excluding hydrogens is 235 g/mol. The molecule has 100 valence electrons. The smallest absolute Gasteiger partial charge is 0.221 e. The fourth-order valence-corrected chi connectivity index (χ4v) is 1.32. The number of nitrogens with one attached hydrogen (secondary N) is 2. The Morgan fingerprint density at radius 3 is 2.67 bits per heavy atom. The van der Waals surface area contributed by atoms with Crippen LogP contribution < -0.4 is 10.6 Å². The van der Waals surface area contributed by atoms with Crippen molar-refractivity contribution in [1.82, 2.24) is 0 Å². The largest absolute Gasteiger partial charge is 0.396 e. The van der Waals surface area contributed by atoms with E-state index in [1.807, 2.05) is 13.8 Å². The zero-order valence-electron chi connectivity index (χ0n) is 10.9. The lowest BCUT2D eigenvalue weighted by Gasteiger charge is -2.22. The second-order valence-corrected chi connectivity index (χ2v) is 5.05. The maximum atomic E-state index is 13.4. The average molecular weight is 254 g/mol. The predicted octanol–water partition coefficient (Wildman–Crippen LogP) is 2.21. The Morgan fingerprint density at radius 2 is 2.11 bits per heavy atom. The summed E-state index contributed by atoms with van der Waals surface area (Å²) in [5.74, 6) is -0.793. The molecule has 1 amide bonds. The highest BCUT2D eigenvalue weighted by atomic mass is 19.1. The zero-order valence-corrected chi connectivity index (χ0v) is 10.9. The third kappa shape index (κ3) is 4.33. The van der Waals surface area contributed by atoms with E-state index in [1.165, 1.54) is 19.1 Å². The van der Waals surface area contributed by atoms with Crippen molar-refractivity contribution in [2.45, 2.75) is 20.8 Å². The summed E-state index contributed by atoms with van der Waals surface area (Å²) in [6, 6.07) is 4.41. The van der Waals surface area contributed by atoms with Crippen molar-refractivity contribution < 1.29 is 14.3 Å². The van der Waals surface area contributed by atoms with Crippen molar-refractivity contribution in [3.05, 3.63) is 24.0 Å². The SMILES string of the molecule is CC(=O)Nc1cc(NCC(C)(C)CO)ccc1F. The molecule has 0 aliphatic rings. The van der Waals surface area contributed by atoms with Crippen molar-refractivity contribution in [3.63, 3.8) is 0 Å². The van der Waals surface area contributed by atoms with Gasteiger partial charge in [0.25, 0.3) is 0 Å². The van der Waals surface area contributed by atoms with E-state index in [9.17, 15) is 9.18 Å². The van der Waals surface area contributed by atoms with Crippen LogP contribution in [0, 0.1) is 11.2 Å². The summed E-state index contributed by atoms with van der Waals surface area (Å²) >= 11 is 0. The lowest BCUT2D eigenvalue weighted by atomic mass is 9.95. The van der Waals surface area contributed by atoms with Gasteiger partial charge in [0.15, 0.2) is 0 Å². The third-order valence-corrected chi connectivity index (χ3v) is 2.48. The molecule has 0 aromatic heterocycles. The molecule has 18 heavy (non-hydrogen) atoms. The third-order valence-electron chi connectivity index (χ3n) is 2.48. The first-order valence-corrected chi connectivity index (χ1v) is 5.76. The van der Waals surface area contributed by atoms with Gasteiger partial charge in [-0.3, -0.25) is 4.79 Å². The van der Waals surface area contributed by atoms with Crippen LogP contribution in [-0.2, 0) is 4.79 Å². The lowest BCUT2D eigenvalue weighted by Crippen LogP contribution is -2.26. The molecule has 0 bridgehead atoms. The number of amides is 1. The van der Waals surface area contributed by atoms with Gasteiger partial charge in [0.05, 0.1) is 5.69 Å². The fourth-order valence-electron chi connectivity index (χ4n) is 1.32. The van der Waals surface area contributed by atoms with Gasteiger partial charge < -0.3 is 15.7 Å². The van der Waals surface area contributed by atoms with Crippen LogP contribution in [0.1, 0.15) is 20.8 Å². The Bertz CT molecular complexity index is 433. The molecule has 0 fully saturated rings. The number of aliphatic hydroxyl groups is 1. The zero-order chi connectivity index (χ0) is 13.8. The molecule has 1 aromatic carbocycles. The van der Waals surface area contributed by atoms with Crippen molar-refractivity contribution >= 4 is 17.3 Å². The predicted molar refractivity (Wildman–Crippen MR) is 70.1 cm³/mol. The van der Waals surface area contributed by atoms with Gasteiger partial charge in [-0.25, -0.2) is 4.39 Å². The molecule has 3 N–H and O–H groups in total. The van der Waals surface area contributed by atoms with E-state index in [0.29, 0.717) is 12.2 Å². The summed E-state index contributed by atoms with van der Waals surface area (Å²) < 4.78 is 13.4. The molecule has 0 aliphatic heterocycles. The van der Waals surface area contributed by atoms with E-state index in [-0.39, 0.29) is 23.6 Å². The number of hydrogen-bond donors (Lipinski definition) is 3. The van der Waals surface area contributed by atoms with Crippen LogP contribution in [0.5, 0.6) is 0 Å². The lowest BCUT2D eigenvalue weighted by molar-refractivity contribution is -0.114. The van der Waals surface area contributed by atoms with E-state index in [0.717, 1.165) is 0 Å². The maximum Gasteiger partial charge on any atom is 0.221 e. The van der Waals surface area contributed by atoms with Crippen LogP contribution in [0.4, 0.5) is 15.8 Å². The number of aliphatic hydroxyl groups excluding tert-OH is 1. The topological polar surface area (TPSA) is 61.4 Å². The first kappa shape index (κ1) is 14.4. The summed E-state index contributed by atoms with van der Waals surface area (Å²) in [6.07, 6.45) is 0. The summed E-state index contributed by atoms with van der Waals surface area (Å²) in [4.78, 5) is 10.9. The summed E-state index contributed by atoms with van der Waals surface area (Å²) in [5, 5.41) is 14.7. The monoisotopic (exact) mass is 254 g/mol. The Balaban J connectivity index is 2.76. The van der Waals surface area contributed by atoms with Crippen molar-refractivity contribution in [2.24, 2.45) is 5.41 Å². The number of hydrogen-bond acceptors (Lipinski definition) is 3. The van der Waals surface area contributed by atoms with Crippen LogP contribution in [-0.4, -0.2) is 24.2 Å². The Hall–Kier alpha value is -1.62. The summed E-state index contributed by atoms with van der Waals surface area (Å²) in [6.45, 7) is 5.76. The molecule has 5 heteroatoms. The number of rotatable bonds is 5. The van der Waals surface area contributed by atoms with Crippen molar-refractivity contribution in [3.8, 4) is 0 Å². The van der Waals surface area contributed by atoms with E-state index >= 15 is 0 Å². The molecule has 1 rings (SSSR count). The van der Waals surface area contributed by atoms with Gasteiger partial charge in [-0.1, -0.05) is 13.8 Å². The summed E-state index contributed by atoms with van der Waals surface area (Å²) in [5.41, 5.74) is 0.582. The van der Waals surface area contributed by atoms with Gasteiger partial charge >= 0.3 is 0 Å². The number of carbonyl (C=O) groups is 1. The van der Waals surface area contributed by atoms with Gasteiger partial charge in [0.2, 0.25) is 5.91 Å². The van der Waals surface area contributed by atoms with Crippen molar-refractivity contribution in [2.75, 3.05) is 23.8 Å². The highest BCUT2D eigenvalue weighted by Crippen LogP contribution is 2.21. The van der Waals surface area contributed by atoms with Gasteiger partial charge in [-0.2, -0.15) is 0 Å². The molecule has 0 aliphatic carbocycles. The van der Waals surface area contributed by atoms with Crippen LogP contribution >= 0.6 is 0 Å². The standard InChI is InChI=1S/C13H19FN2O2/c1-9(18)16-12-6-10(4-5-11(12)14)15-7-13(2,3)8-17/h4-6,15,17H,7-8H2,1-3H3,(H,16,18). The van der Waals surface area contributed by atoms with Gasteiger partial charge in [-0.05, 0) is 18.2 Å². The minimum Gasteiger partial charge on any atom is -0.396 e. The van der Waals surface area contributed by atoms with Gasteiger partial charge in [-0.15, -0.1) is 0 Å². The highest BCUT2D eigenvalue weighted by molar-refractivity contribution is 5.89.